The molecular weight excluding hydrogens is 266 g/mol. The Bertz CT molecular complexity index is 564. The van der Waals surface area contributed by atoms with E-state index in [2.05, 4.69) is 4.74 Å². The van der Waals surface area contributed by atoms with Crippen LogP contribution >= 0.6 is 0 Å². The minimum Gasteiger partial charge on any atom is -0.466 e. The number of carbonyl (C=O) groups excluding carboxylic acids is 2. The van der Waals surface area contributed by atoms with Gasteiger partial charge in [-0.05, 0) is 25.1 Å². The Balaban J connectivity index is 3.14. The van der Waals surface area contributed by atoms with Crippen molar-refractivity contribution in [3.05, 3.63) is 45.5 Å². The van der Waals surface area contributed by atoms with Gasteiger partial charge in [-0.25, -0.2) is 9.59 Å². The third-order valence-electron chi connectivity index (χ3n) is 2.34. The van der Waals surface area contributed by atoms with Crippen LogP contribution in [0.25, 0.3) is 6.08 Å². The highest BCUT2D eigenvalue weighted by molar-refractivity contribution is 5.92. The first-order valence-electron chi connectivity index (χ1n) is 5.71. The first kappa shape index (κ1) is 15.4. The summed E-state index contributed by atoms with van der Waals surface area (Å²) in [5.74, 6) is -1.27. The molecule has 0 N–H and O–H groups in total. The van der Waals surface area contributed by atoms with Crippen LogP contribution in [0.15, 0.2) is 24.3 Å². The van der Waals surface area contributed by atoms with Crippen molar-refractivity contribution in [3.8, 4) is 0 Å². The first-order valence-corrected chi connectivity index (χ1v) is 5.71. The first-order chi connectivity index (χ1) is 9.49. The number of hydrogen-bond donors (Lipinski definition) is 0. The van der Waals surface area contributed by atoms with Crippen molar-refractivity contribution in [1.29, 1.82) is 0 Å². The summed E-state index contributed by atoms with van der Waals surface area (Å²) in [6.45, 7) is 1.82. The van der Waals surface area contributed by atoms with Gasteiger partial charge in [0.1, 0.15) is 0 Å². The molecule has 106 valence electrons. The molecule has 0 aliphatic rings. The number of nitro benzene ring substituents is 1. The van der Waals surface area contributed by atoms with Crippen molar-refractivity contribution >= 4 is 23.7 Å². The van der Waals surface area contributed by atoms with Gasteiger partial charge in [-0.2, -0.15) is 0 Å². The van der Waals surface area contributed by atoms with Gasteiger partial charge in [0.15, 0.2) is 0 Å². The second-order valence-electron chi connectivity index (χ2n) is 3.61. The van der Waals surface area contributed by atoms with Gasteiger partial charge in [0.05, 0.1) is 29.8 Å². The van der Waals surface area contributed by atoms with Crippen molar-refractivity contribution < 1.29 is 24.0 Å². The second kappa shape index (κ2) is 7.03. The summed E-state index contributed by atoms with van der Waals surface area (Å²) >= 11 is 0. The number of ether oxygens (including phenoxy) is 2. The van der Waals surface area contributed by atoms with Crippen molar-refractivity contribution in [1.82, 2.24) is 0 Å². The highest BCUT2D eigenvalue weighted by atomic mass is 16.6. The molecule has 0 bridgehead atoms. The number of nitro groups is 1. The lowest BCUT2D eigenvalue weighted by molar-refractivity contribution is -0.385. The predicted octanol–water partition coefficient (Wildman–Crippen LogP) is 1.96. The van der Waals surface area contributed by atoms with Crippen LogP contribution in [0.3, 0.4) is 0 Å². The van der Waals surface area contributed by atoms with Gasteiger partial charge < -0.3 is 9.47 Å². The topological polar surface area (TPSA) is 95.7 Å². The molecule has 0 aliphatic carbocycles. The second-order valence-corrected chi connectivity index (χ2v) is 3.61. The summed E-state index contributed by atoms with van der Waals surface area (Å²) in [6, 6.07) is 3.86. The fraction of sp³-hybridized carbons (Fsp3) is 0.231. The van der Waals surface area contributed by atoms with E-state index in [1.165, 1.54) is 25.3 Å². The van der Waals surface area contributed by atoms with Gasteiger partial charge in [-0.15, -0.1) is 0 Å². The molecule has 20 heavy (non-hydrogen) atoms. The molecule has 0 unspecified atom stereocenters. The Hall–Kier alpha value is -2.70. The van der Waals surface area contributed by atoms with Gasteiger partial charge in [0, 0.05) is 12.1 Å². The maximum Gasteiger partial charge on any atom is 0.338 e. The molecule has 1 rings (SSSR count). The lowest BCUT2D eigenvalue weighted by Gasteiger charge is -2.03. The van der Waals surface area contributed by atoms with Crippen molar-refractivity contribution in [3.63, 3.8) is 0 Å². The van der Waals surface area contributed by atoms with E-state index in [1.807, 2.05) is 0 Å². The quantitative estimate of drug-likeness (QED) is 0.354. The Labute approximate surface area is 114 Å². The van der Waals surface area contributed by atoms with Gasteiger partial charge in [-0.1, -0.05) is 0 Å². The standard InChI is InChI=1S/C13H13NO6/c1-3-20-13(16)10-5-4-9(6-7-12(15)19-2)11(8-10)14(17)18/h4-8H,3H2,1-2H3. The van der Waals surface area contributed by atoms with E-state index in [0.717, 1.165) is 12.1 Å². The normalized spacial score (nSPS) is 10.3. The van der Waals surface area contributed by atoms with Crippen LogP contribution in [0.5, 0.6) is 0 Å². The van der Waals surface area contributed by atoms with Crippen LogP contribution in [0.2, 0.25) is 0 Å². The number of carbonyl (C=O) groups is 2. The molecule has 1 aromatic rings. The molecular formula is C13H13NO6. The van der Waals surface area contributed by atoms with Crippen molar-refractivity contribution in [2.75, 3.05) is 13.7 Å². The van der Waals surface area contributed by atoms with Crippen LogP contribution < -0.4 is 0 Å². The van der Waals surface area contributed by atoms with Crippen molar-refractivity contribution in [2.24, 2.45) is 0 Å². The van der Waals surface area contributed by atoms with Gasteiger partial charge >= 0.3 is 11.9 Å². The van der Waals surface area contributed by atoms with Gasteiger partial charge in [0.2, 0.25) is 0 Å². The molecule has 0 aromatic heterocycles. The highest BCUT2D eigenvalue weighted by Gasteiger charge is 2.16. The maximum atomic E-state index is 11.5. The fourth-order valence-electron chi connectivity index (χ4n) is 1.41. The molecule has 0 amide bonds. The average Bonchev–Trinajstić information content (AvgIpc) is 2.44. The molecule has 0 atom stereocenters. The summed E-state index contributed by atoms with van der Waals surface area (Å²) in [5, 5.41) is 11.0. The molecule has 0 saturated heterocycles. The summed E-state index contributed by atoms with van der Waals surface area (Å²) in [6.07, 6.45) is 2.31. The molecule has 0 spiro atoms. The minimum atomic E-state index is -0.640. The Morgan fingerprint density at radius 2 is 2.10 bits per heavy atom. The van der Waals surface area contributed by atoms with E-state index < -0.39 is 16.9 Å². The zero-order valence-electron chi connectivity index (χ0n) is 11.0. The van der Waals surface area contributed by atoms with Crippen LogP contribution in [0.1, 0.15) is 22.8 Å². The number of hydrogen-bond acceptors (Lipinski definition) is 6. The smallest absolute Gasteiger partial charge is 0.338 e. The molecule has 0 saturated carbocycles. The number of nitrogens with zero attached hydrogens (tertiary/aromatic N) is 1. The molecule has 0 fully saturated rings. The lowest BCUT2D eigenvalue weighted by Crippen LogP contribution is -2.05. The van der Waals surface area contributed by atoms with E-state index >= 15 is 0 Å². The highest BCUT2D eigenvalue weighted by Crippen LogP contribution is 2.22. The lowest BCUT2D eigenvalue weighted by atomic mass is 10.1. The van der Waals surface area contributed by atoms with E-state index in [9.17, 15) is 19.7 Å². The number of rotatable bonds is 5. The SMILES string of the molecule is CCOC(=O)c1ccc(C=CC(=O)OC)c([N+](=O)[O-])c1. The summed E-state index contributed by atoms with van der Waals surface area (Å²) in [4.78, 5) is 32.8. The van der Waals surface area contributed by atoms with Gasteiger partial charge in [-0.3, -0.25) is 10.1 Å². The van der Waals surface area contributed by atoms with E-state index in [-0.39, 0.29) is 23.4 Å². The van der Waals surface area contributed by atoms with E-state index in [0.29, 0.717) is 0 Å². The summed E-state index contributed by atoms with van der Waals surface area (Å²) < 4.78 is 9.16. The van der Waals surface area contributed by atoms with Crippen LogP contribution in [-0.2, 0) is 14.3 Å². The number of benzene rings is 1. The maximum absolute atomic E-state index is 11.5. The largest absolute Gasteiger partial charge is 0.466 e. The van der Waals surface area contributed by atoms with Crippen LogP contribution in [-0.4, -0.2) is 30.6 Å². The fourth-order valence-corrected chi connectivity index (χ4v) is 1.41. The average molecular weight is 279 g/mol. The van der Waals surface area contributed by atoms with E-state index in [1.54, 1.807) is 6.92 Å². The van der Waals surface area contributed by atoms with Gasteiger partial charge in [0.25, 0.3) is 5.69 Å². The van der Waals surface area contributed by atoms with Crippen LogP contribution in [0, 0.1) is 10.1 Å². The Morgan fingerprint density at radius 1 is 1.40 bits per heavy atom. The van der Waals surface area contributed by atoms with E-state index in [4.69, 9.17) is 4.74 Å². The molecule has 0 radical (unpaired) electrons. The molecule has 7 nitrogen and oxygen atoms in total. The molecule has 0 aliphatic heterocycles. The Kier molecular flexibility index (Phi) is 5.40. The van der Waals surface area contributed by atoms with Crippen LogP contribution in [0.4, 0.5) is 5.69 Å². The molecule has 7 heteroatoms. The Morgan fingerprint density at radius 3 is 2.65 bits per heavy atom. The zero-order valence-corrected chi connectivity index (χ0v) is 11.0. The molecule has 0 heterocycles. The van der Waals surface area contributed by atoms with Crippen molar-refractivity contribution in [2.45, 2.75) is 6.92 Å². The third-order valence-corrected chi connectivity index (χ3v) is 2.34. The monoisotopic (exact) mass is 279 g/mol. The molecule has 1 aromatic carbocycles. The minimum absolute atomic E-state index is 0.0776. The summed E-state index contributed by atoms with van der Waals surface area (Å²) in [5.41, 5.74) is -0.0297. The summed E-state index contributed by atoms with van der Waals surface area (Å²) in [7, 11) is 1.20. The predicted molar refractivity (Wildman–Crippen MR) is 70.1 cm³/mol. The number of esters is 2. The third kappa shape index (κ3) is 3.91. The number of methoxy groups -OCH3 is 1. The zero-order chi connectivity index (χ0) is 15.1.